The van der Waals surface area contributed by atoms with E-state index < -0.39 is 29.9 Å². The molecule has 0 saturated carbocycles. The number of carbonyl (C=O) groups is 3. The second-order valence-corrected chi connectivity index (χ2v) is 5.92. The van der Waals surface area contributed by atoms with E-state index >= 15 is 0 Å². The fourth-order valence-electron chi connectivity index (χ4n) is 2.70. The number of amides is 1. The van der Waals surface area contributed by atoms with Crippen molar-refractivity contribution in [1.82, 2.24) is 9.88 Å². The van der Waals surface area contributed by atoms with E-state index in [0.717, 1.165) is 16.5 Å². The standard InChI is InChI=1S/C17H21N3O5.ClH/c1-20-9-10(11-4-2-3-5-14(11)20)8-13(17(24)25)19-16(23)12(18)6-7-15(21)22;/h2-5,9,12-13H,6-8,18H2,1H3,(H,19,23)(H,21,22)(H,24,25);1H. The van der Waals surface area contributed by atoms with Crippen LogP contribution in [0.5, 0.6) is 0 Å². The Morgan fingerprint density at radius 2 is 1.88 bits per heavy atom. The molecule has 142 valence electrons. The molecule has 26 heavy (non-hydrogen) atoms. The molecule has 8 nitrogen and oxygen atoms in total. The molecule has 0 aliphatic rings. The molecule has 2 unspecified atom stereocenters. The van der Waals surface area contributed by atoms with E-state index in [4.69, 9.17) is 10.8 Å². The number of hydrogen-bond acceptors (Lipinski definition) is 4. The van der Waals surface area contributed by atoms with E-state index in [0.29, 0.717) is 0 Å². The van der Waals surface area contributed by atoms with Gasteiger partial charge in [0, 0.05) is 37.0 Å². The normalized spacial score (nSPS) is 12.8. The van der Waals surface area contributed by atoms with Crippen LogP contribution in [0.25, 0.3) is 10.9 Å². The van der Waals surface area contributed by atoms with E-state index in [1.54, 1.807) is 0 Å². The topological polar surface area (TPSA) is 135 Å². The molecule has 0 radical (unpaired) electrons. The molecule has 1 heterocycles. The Hall–Kier alpha value is -2.58. The number of hydrogen-bond donors (Lipinski definition) is 4. The molecule has 2 rings (SSSR count). The van der Waals surface area contributed by atoms with Gasteiger partial charge in [-0.25, -0.2) is 4.79 Å². The van der Waals surface area contributed by atoms with Gasteiger partial charge in [-0.2, -0.15) is 0 Å². The molecule has 0 spiro atoms. The van der Waals surface area contributed by atoms with Crippen molar-refractivity contribution in [2.75, 3.05) is 0 Å². The molecule has 2 aromatic rings. The van der Waals surface area contributed by atoms with Crippen LogP contribution in [-0.4, -0.2) is 44.7 Å². The van der Waals surface area contributed by atoms with Gasteiger partial charge in [-0.15, -0.1) is 12.4 Å². The summed E-state index contributed by atoms with van der Waals surface area (Å²) < 4.78 is 1.89. The molecule has 0 bridgehead atoms. The zero-order valence-electron chi connectivity index (χ0n) is 14.2. The average molecular weight is 384 g/mol. The van der Waals surface area contributed by atoms with Crippen LogP contribution in [0.1, 0.15) is 18.4 Å². The Morgan fingerprint density at radius 3 is 2.50 bits per heavy atom. The smallest absolute Gasteiger partial charge is 0.326 e. The van der Waals surface area contributed by atoms with Gasteiger partial charge in [0.25, 0.3) is 0 Å². The third-order valence-electron chi connectivity index (χ3n) is 4.02. The van der Waals surface area contributed by atoms with E-state index in [2.05, 4.69) is 5.32 Å². The SMILES string of the molecule is Cl.Cn1cc(CC(NC(=O)C(N)CCC(=O)O)C(=O)O)c2ccccc21. The number of aromatic nitrogens is 1. The number of nitrogens with zero attached hydrogens (tertiary/aromatic N) is 1. The van der Waals surface area contributed by atoms with E-state index in [1.165, 1.54) is 0 Å². The largest absolute Gasteiger partial charge is 0.481 e. The second kappa shape index (κ2) is 9.21. The van der Waals surface area contributed by atoms with Crippen LogP contribution in [0.3, 0.4) is 0 Å². The van der Waals surface area contributed by atoms with Crippen molar-refractivity contribution >= 4 is 41.2 Å². The van der Waals surface area contributed by atoms with Crippen LogP contribution < -0.4 is 11.1 Å². The number of aryl methyl sites for hydroxylation is 1. The Morgan fingerprint density at radius 1 is 1.23 bits per heavy atom. The van der Waals surface area contributed by atoms with Gasteiger partial charge in [0.15, 0.2) is 0 Å². The van der Waals surface area contributed by atoms with Crippen molar-refractivity contribution in [2.45, 2.75) is 31.3 Å². The van der Waals surface area contributed by atoms with Gasteiger partial charge in [-0.1, -0.05) is 18.2 Å². The number of carboxylic acid groups (broad SMARTS) is 2. The molecule has 0 fully saturated rings. The molecule has 1 aromatic carbocycles. The highest BCUT2D eigenvalue weighted by Crippen LogP contribution is 2.21. The number of rotatable bonds is 8. The van der Waals surface area contributed by atoms with E-state index in [1.807, 2.05) is 42.1 Å². The summed E-state index contributed by atoms with van der Waals surface area (Å²) in [5.41, 5.74) is 7.39. The molecule has 0 saturated heterocycles. The molecule has 1 amide bonds. The van der Waals surface area contributed by atoms with Crippen molar-refractivity contribution in [2.24, 2.45) is 12.8 Å². The number of halogens is 1. The van der Waals surface area contributed by atoms with Crippen LogP contribution in [0.15, 0.2) is 30.5 Å². The van der Waals surface area contributed by atoms with Gasteiger partial charge in [-0.05, 0) is 18.1 Å². The van der Waals surface area contributed by atoms with Crippen molar-refractivity contribution in [3.63, 3.8) is 0 Å². The molecule has 2 atom stereocenters. The molecule has 0 aliphatic carbocycles. The molecule has 9 heteroatoms. The Kier molecular flexibility index (Phi) is 7.60. The summed E-state index contributed by atoms with van der Waals surface area (Å²) in [5.74, 6) is -2.91. The summed E-state index contributed by atoms with van der Waals surface area (Å²) in [6.45, 7) is 0. The molecule has 1 aromatic heterocycles. The van der Waals surface area contributed by atoms with Gasteiger partial charge >= 0.3 is 11.9 Å². The highest BCUT2D eigenvalue weighted by atomic mass is 35.5. The number of nitrogens with one attached hydrogen (secondary N) is 1. The minimum absolute atomic E-state index is 0. The lowest BCUT2D eigenvalue weighted by Crippen LogP contribution is -2.49. The number of aliphatic carboxylic acids is 2. The van der Waals surface area contributed by atoms with Gasteiger partial charge in [0.2, 0.25) is 5.91 Å². The lowest BCUT2D eigenvalue weighted by molar-refractivity contribution is -0.142. The minimum Gasteiger partial charge on any atom is -0.481 e. The Labute approximate surface area is 156 Å². The van der Waals surface area contributed by atoms with Crippen LogP contribution in [0.2, 0.25) is 0 Å². The highest BCUT2D eigenvalue weighted by Gasteiger charge is 2.25. The van der Waals surface area contributed by atoms with Crippen LogP contribution in [0, 0.1) is 0 Å². The highest BCUT2D eigenvalue weighted by molar-refractivity contribution is 5.89. The number of nitrogens with two attached hydrogens (primary N) is 1. The minimum atomic E-state index is -1.17. The van der Waals surface area contributed by atoms with Crippen molar-refractivity contribution in [3.8, 4) is 0 Å². The first-order valence-corrected chi connectivity index (χ1v) is 7.83. The number of carbonyl (C=O) groups excluding carboxylic acids is 1. The van der Waals surface area contributed by atoms with Gasteiger partial charge in [-0.3, -0.25) is 9.59 Å². The first-order valence-electron chi connectivity index (χ1n) is 7.83. The van der Waals surface area contributed by atoms with Crippen molar-refractivity contribution in [1.29, 1.82) is 0 Å². The maximum absolute atomic E-state index is 12.0. The number of benzene rings is 1. The summed E-state index contributed by atoms with van der Waals surface area (Å²) in [4.78, 5) is 34.1. The maximum Gasteiger partial charge on any atom is 0.326 e. The summed E-state index contributed by atoms with van der Waals surface area (Å²) in [7, 11) is 1.86. The average Bonchev–Trinajstić information content (AvgIpc) is 2.88. The van der Waals surface area contributed by atoms with Gasteiger partial charge in [0.05, 0.1) is 6.04 Å². The fourth-order valence-corrected chi connectivity index (χ4v) is 2.70. The quantitative estimate of drug-likeness (QED) is 0.535. The van der Waals surface area contributed by atoms with Gasteiger partial charge < -0.3 is 25.8 Å². The second-order valence-electron chi connectivity index (χ2n) is 5.92. The van der Waals surface area contributed by atoms with E-state index in [-0.39, 0.29) is 31.7 Å². The maximum atomic E-state index is 12.0. The molecule has 5 N–H and O–H groups in total. The lowest BCUT2D eigenvalue weighted by Gasteiger charge is -2.17. The third kappa shape index (κ3) is 5.21. The predicted octanol–water partition coefficient (Wildman–Crippen LogP) is 0.904. The van der Waals surface area contributed by atoms with Crippen LogP contribution in [-0.2, 0) is 27.9 Å². The summed E-state index contributed by atoms with van der Waals surface area (Å²) >= 11 is 0. The van der Waals surface area contributed by atoms with Crippen molar-refractivity contribution in [3.05, 3.63) is 36.0 Å². The lowest BCUT2D eigenvalue weighted by atomic mass is 10.0. The predicted molar refractivity (Wildman–Crippen MR) is 98.3 cm³/mol. The number of fused-ring (bicyclic) bond motifs is 1. The number of carboxylic acids is 2. The Bertz CT molecular complexity index is 805. The number of para-hydroxylation sites is 1. The summed E-state index contributed by atoms with van der Waals surface area (Å²) in [5, 5.41) is 21.3. The molecular weight excluding hydrogens is 362 g/mol. The van der Waals surface area contributed by atoms with Gasteiger partial charge in [0.1, 0.15) is 6.04 Å². The summed E-state index contributed by atoms with van der Waals surface area (Å²) in [6, 6.07) is 5.37. The van der Waals surface area contributed by atoms with E-state index in [9.17, 15) is 19.5 Å². The van der Waals surface area contributed by atoms with Crippen molar-refractivity contribution < 1.29 is 24.6 Å². The zero-order chi connectivity index (χ0) is 18.6. The monoisotopic (exact) mass is 383 g/mol. The first kappa shape index (κ1) is 21.5. The fraction of sp³-hybridized carbons (Fsp3) is 0.353. The third-order valence-corrected chi connectivity index (χ3v) is 4.02. The van der Waals surface area contributed by atoms with Crippen LogP contribution in [0.4, 0.5) is 0 Å². The summed E-state index contributed by atoms with van der Waals surface area (Å²) in [6.07, 6.45) is 1.63. The molecule has 0 aliphatic heterocycles. The molecular formula is C17H22ClN3O5. The first-order chi connectivity index (χ1) is 11.8. The van der Waals surface area contributed by atoms with Crippen LogP contribution >= 0.6 is 12.4 Å². The Balaban J connectivity index is 0.00000338. The zero-order valence-corrected chi connectivity index (χ0v) is 15.0.